The summed E-state index contributed by atoms with van der Waals surface area (Å²) in [6, 6.07) is 3.53. The molecular formula is C15H22N4O2. The number of carbonyl (C=O) groups excluding carboxylic acids is 1. The number of hydrogen-bond donors (Lipinski definition) is 1. The van der Waals surface area contributed by atoms with Crippen LogP contribution in [0.4, 0.5) is 4.79 Å². The molecule has 114 valence electrons. The van der Waals surface area contributed by atoms with E-state index in [4.69, 9.17) is 4.42 Å². The number of carbonyl (C=O) groups is 1. The first kappa shape index (κ1) is 15.2. The number of amides is 2. The number of hydrogen-bond acceptors (Lipinski definition) is 3. The molecule has 2 amide bonds. The number of likely N-dealkylation sites (N-methyl/N-ethyl adjacent to an activating group) is 1. The summed E-state index contributed by atoms with van der Waals surface area (Å²) in [5.41, 5.74) is 3.39. The number of aromatic nitrogens is 2. The zero-order chi connectivity index (χ0) is 15.4. The molecule has 2 aromatic rings. The number of urea groups is 1. The monoisotopic (exact) mass is 290 g/mol. The van der Waals surface area contributed by atoms with Crippen molar-refractivity contribution in [2.75, 3.05) is 13.6 Å². The molecule has 0 aromatic carbocycles. The molecule has 2 heterocycles. The summed E-state index contributed by atoms with van der Waals surface area (Å²) >= 11 is 0. The Morgan fingerprint density at radius 3 is 2.81 bits per heavy atom. The van der Waals surface area contributed by atoms with E-state index in [1.165, 1.54) is 5.56 Å². The number of nitrogens with zero attached hydrogens (tertiary/aromatic N) is 3. The summed E-state index contributed by atoms with van der Waals surface area (Å²) in [7, 11) is 3.73. The fourth-order valence-electron chi connectivity index (χ4n) is 2.27. The van der Waals surface area contributed by atoms with Gasteiger partial charge in [-0.25, -0.2) is 4.79 Å². The van der Waals surface area contributed by atoms with Crippen molar-refractivity contribution in [1.29, 1.82) is 0 Å². The predicted octanol–water partition coefficient (Wildman–Crippen LogP) is 2.01. The van der Waals surface area contributed by atoms with Gasteiger partial charge in [-0.3, -0.25) is 4.68 Å². The molecule has 0 saturated heterocycles. The quantitative estimate of drug-likeness (QED) is 0.916. The van der Waals surface area contributed by atoms with Gasteiger partial charge >= 0.3 is 6.03 Å². The highest BCUT2D eigenvalue weighted by atomic mass is 16.3. The fourth-order valence-corrected chi connectivity index (χ4v) is 2.27. The van der Waals surface area contributed by atoms with Crippen LogP contribution in [-0.2, 0) is 20.0 Å². The second-order valence-electron chi connectivity index (χ2n) is 5.18. The van der Waals surface area contributed by atoms with Crippen molar-refractivity contribution in [1.82, 2.24) is 20.0 Å². The van der Waals surface area contributed by atoms with Crippen molar-refractivity contribution >= 4 is 6.03 Å². The normalized spacial score (nSPS) is 10.7. The lowest BCUT2D eigenvalue weighted by atomic mass is 10.1. The second kappa shape index (κ2) is 6.47. The van der Waals surface area contributed by atoms with Gasteiger partial charge < -0.3 is 14.6 Å². The molecule has 2 aromatic heterocycles. The lowest BCUT2D eigenvalue weighted by Gasteiger charge is -2.17. The van der Waals surface area contributed by atoms with Gasteiger partial charge in [-0.2, -0.15) is 5.10 Å². The molecule has 0 aliphatic heterocycles. The molecule has 0 unspecified atom stereocenters. The van der Waals surface area contributed by atoms with Gasteiger partial charge in [-0.15, -0.1) is 0 Å². The Hall–Kier alpha value is -2.24. The average Bonchev–Trinajstić information content (AvgIpc) is 3.04. The summed E-state index contributed by atoms with van der Waals surface area (Å²) in [6.45, 7) is 5.10. The fraction of sp³-hybridized carbons (Fsp3) is 0.467. The molecule has 0 fully saturated rings. The Morgan fingerprint density at radius 1 is 1.48 bits per heavy atom. The standard InChI is InChI=1S/C15H22N4O2/c1-11-14(12(2)19(4)17-11)7-8-18(3)15(20)16-10-13-6-5-9-21-13/h5-6,9H,7-8,10H2,1-4H3,(H,16,20). The first-order valence-electron chi connectivity index (χ1n) is 6.99. The minimum Gasteiger partial charge on any atom is -0.467 e. The molecule has 2 rings (SSSR count). The summed E-state index contributed by atoms with van der Waals surface area (Å²) < 4.78 is 7.06. The molecule has 0 aliphatic carbocycles. The predicted molar refractivity (Wildman–Crippen MR) is 80.0 cm³/mol. The molecule has 0 atom stereocenters. The van der Waals surface area contributed by atoms with Gasteiger partial charge in [0.1, 0.15) is 5.76 Å². The van der Waals surface area contributed by atoms with Crippen LogP contribution < -0.4 is 5.32 Å². The van der Waals surface area contributed by atoms with Crippen LogP contribution in [0.3, 0.4) is 0 Å². The summed E-state index contributed by atoms with van der Waals surface area (Å²) in [5, 5.41) is 7.22. The van der Waals surface area contributed by atoms with E-state index in [-0.39, 0.29) is 6.03 Å². The van der Waals surface area contributed by atoms with Crippen molar-refractivity contribution in [2.24, 2.45) is 7.05 Å². The Bertz CT molecular complexity index is 601. The molecule has 0 saturated carbocycles. The third-order valence-electron chi connectivity index (χ3n) is 3.70. The molecule has 0 radical (unpaired) electrons. The smallest absolute Gasteiger partial charge is 0.317 e. The topological polar surface area (TPSA) is 63.3 Å². The van der Waals surface area contributed by atoms with E-state index in [2.05, 4.69) is 10.4 Å². The Labute approximate surface area is 124 Å². The van der Waals surface area contributed by atoms with Gasteiger partial charge in [0.25, 0.3) is 0 Å². The number of rotatable bonds is 5. The first-order chi connectivity index (χ1) is 9.99. The van der Waals surface area contributed by atoms with Crippen LogP contribution in [0.1, 0.15) is 22.7 Å². The molecular weight excluding hydrogens is 268 g/mol. The molecule has 21 heavy (non-hydrogen) atoms. The lowest BCUT2D eigenvalue weighted by molar-refractivity contribution is 0.208. The van der Waals surface area contributed by atoms with Crippen LogP contribution in [0, 0.1) is 13.8 Å². The largest absolute Gasteiger partial charge is 0.467 e. The van der Waals surface area contributed by atoms with E-state index in [0.717, 1.165) is 23.6 Å². The zero-order valence-corrected chi connectivity index (χ0v) is 13.0. The van der Waals surface area contributed by atoms with Gasteiger partial charge in [0.05, 0.1) is 18.5 Å². The molecule has 6 nitrogen and oxygen atoms in total. The number of furan rings is 1. The van der Waals surface area contributed by atoms with E-state index in [1.54, 1.807) is 24.3 Å². The van der Waals surface area contributed by atoms with E-state index in [9.17, 15) is 4.79 Å². The van der Waals surface area contributed by atoms with E-state index < -0.39 is 0 Å². The molecule has 1 N–H and O–H groups in total. The van der Waals surface area contributed by atoms with Crippen molar-refractivity contribution in [3.8, 4) is 0 Å². The maximum absolute atomic E-state index is 12.0. The lowest BCUT2D eigenvalue weighted by Crippen LogP contribution is -2.38. The highest BCUT2D eigenvalue weighted by Gasteiger charge is 2.13. The highest BCUT2D eigenvalue weighted by molar-refractivity contribution is 5.73. The van der Waals surface area contributed by atoms with Crippen molar-refractivity contribution in [3.63, 3.8) is 0 Å². The van der Waals surface area contributed by atoms with Gasteiger partial charge in [0.15, 0.2) is 0 Å². The summed E-state index contributed by atoms with van der Waals surface area (Å²) in [5.74, 6) is 0.746. The maximum atomic E-state index is 12.0. The SMILES string of the molecule is Cc1nn(C)c(C)c1CCN(C)C(=O)NCc1ccco1. The van der Waals surface area contributed by atoms with Gasteiger partial charge in [0, 0.05) is 26.3 Å². The van der Waals surface area contributed by atoms with Crippen molar-refractivity contribution < 1.29 is 9.21 Å². The maximum Gasteiger partial charge on any atom is 0.317 e. The van der Waals surface area contributed by atoms with E-state index in [1.807, 2.05) is 31.6 Å². The minimum atomic E-state index is -0.106. The number of nitrogens with one attached hydrogen (secondary N) is 1. The summed E-state index contributed by atoms with van der Waals surface area (Å²) in [4.78, 5) is 13.7. The zero-order valence-electron chi connectivity index (χ0n) is 13.0. The number of aryl methyl sites for hydroxylation is 2. The molecule has 6 heteroatoms. The highest BCUT2D eigenvalue weighted by Crippen LogP contribution is 2.12. The van der Waals surface area contributed by atoms with E-state index in [0.29, 0.717) is 13.1 Å². The van der Waals surface area contributed by atoms with Crippen LogP contribution in [0.15, 0.2) is 22.8 Å². The van der Waals surface area contributed by atoms with Crippen LogP contribution in [0.25, 0.3) is 0 Å². The molecule has 0 spiro atoms. The minimum absolute atomic E-state index is 0.106. The first-order valence-corrected chi connectivity index (χ1v) is 6.99. The van der Waals surface area contributed by atoms with Crippen LogP contribution in [0.2, 0.25) is 0 Å². The van der Waals surface area contributed by atoms with Crippen molar-refractivity contribution in [2.45, 2.75) is 26.8 Å². The van der Waals surface area contributed by atoms with Crippen molar-refractivity contribution in [3.05, 3.63) is 41.1 Å². The summed E-state index contributed by atoms with van der Waals surface area (Å²) in [6.07, 6.45) is 2.40. The van der Waals surface area contributed by atoms with Crippen LogP contribution in [-0.4, -0.2) is 34.3 Å². The third kappa shape index (κ3) is 3.65. The van der Waals surface area contributed by atoms with Gasteiger partial charge in [-0.1, -0.05) is 0 Å². The molecule has 0 aliphatic rings. The van der Waals surface area contributed by atoms with E-state index >= 15 is 0 Å². The second-order valence-corrected chi connectivity index (χ2v) is 5.18. The Kier molecular flexibility index (Phi) is 4.67. The van der Waals surface area contributed by atoms with Crippen LogP contribution >= 0.6 is 0 Å². The average molecular weight is 290 g/mol. The Balaban J connectivity index is 1.83. The van der Waals surface area contributed by atoms with Crippen LogP contribution in [0.5, 0.6) is 0 Å². The Morgan fingerprint density at radius 2 is 2.24 bits per heavy atom. The van der Waals surface area contributed by atoms with Gasteiger partial charge in [-0.05, 0) is 38.0 Å². The van der Waals surface area contributed by atoms with Gasteiger partial charge in [0.2, 0.25) is 0 Å². The molecule has 0 bridgehead atoms. The third-order valence-corrected chi connectivity index (χ3v) is 3.70.